The maximum absolute atomic E-state index is 13.0. The average molecular weight is 315 g/mol. The highest BCUT2D eigenvalue weighted by atomic mass is 19.1. The van der Waals surface area contributed by atoms with Crippen LogP contribution in [-0.2, 0) is 6.42 Å². The van der Waals surface area contributed by atoms with Gasteiger partial charge in [0.05, 0.1) is 12.3 Å². The van der Waals surface area contributed by atoms with E-state index in [9.17, 15) is 9.18 Å². The van der Waals surface area contributed by atoms with Gasteiger partial charge in [0.2, 0.25) is 0 Å². The SMILES string of the molecule is CCOc1cc2c(cc1NC(=O)c1ccc(F)cc1)O[C@H](C)C2. The van der Waals surface area contributed by atoms with E-state index in [-0.39, 0.29) is 17.8 Å². The van der Waals surface area contributed by atoms with Crippen LogP contribution in [0.5, 0.6) is 11.5 Å². The van der Waals surface area contributed by atoms with E-state index in [4.69, 9.17) is 9.47 Å². The van der Waals surface area contributed by atoms with E-state index in [0.29, 0.717) is 23.6 Å². The highest BCUT2D eigenvalue weighted by Crippen LogP contribution is 2.38. The summed E-state index contributed by atoms with van der Waals surface area (Å²) in [6.07, 6.45) is 0.934. The van der Waals surface area contributed by atoms with Crippen molar-refractivity contribution in [3.63, 3.8) is 0 Å². The molecule has 0 unspecified atom stereocenters. The molecule has 0 fully saturated rings. The minimum absolute atomic E-state index is 0.113. The Kier molecular flexibility index (Phi) is 4.19. The number of rotatable bonds is 4. The van der Waals surface area contributed by atoms with E-state index < -0.39 is 0 Å². The lowest BCUT2D eigenvalue weighted by Gasteiger charge is -2.13. The van der Waals surface area contributed by atoms with Crippen molar-refractivity contribution in [1.29, 1.82) is 0 Å². The number of benzene rings is 2. The van der Waals surface area contributed by atoms with Crippen molar-refractivity contribution in [2.45, 2.75) is 26.4 Å². The molecule has 0 aliphatic carbocycles. The Morgan fingerprint density at radius 2 is 2.09 bits per heavy atom. The summed E-state index contributed by atoms with van der Waals surface area (Å²) in [5, 5.41) is 2.81. The Hall–Kier alpha value is -2.56. The van der Waals surface area contributed by atoms with E-state index in [1.54, 1.807) is 6.07 Å². The number of carbonyl (C=O) groups excluding carboxylic acids is 1. The van der Waals surface area contributed by atoms with E-state index in [1.807, 2.05) is 19.9 Å². The van der Waals surface area contributed by atoms with Crippen molar-refractivity contribution in [3.8, 4) is 11.5 Å². The van der Waals surface area contributed by atoms with Crippen molar-refractivity contribution in [3.05, 3.63) is 53.3 Å². The maximum Gasteiger partial charge on any atom is 0.255 e. The van der Waals surface area contributed by atoms with E-state index in [0.717, 1.165) is 17.7 Å². The van der Waals surface area contributed by atoms with Crippen LogP contribution in [-0.4, -0.2) is 18.6 Å². The zero-order chi connectivity index (χ0) is 16.4. The number of hydrogen-bond acceptors (Lipinski definition) is 3. The minimum atomic E-state index is -0.378. The van der Waals surface area contributed by atoms with Crippen LogP contribution in [0.4, 0.5) is 10.1 Å². The van der Waals surface area contributed by atoms with Gasteiger partial charge >= 0.3 is 0 Å². The van der Waals surface area contributed by atoms with Crippen LogP contribution in [0.1, 0.15) is 29.8 Å². The summed E-state index contributed by atoms with van der Waals surface area (Å²) < 4.78 is 24.3. The van der Waals surface area contributed by atoms with Crippen LogP contribution < -0.4 is 14.8 Å². The number of halogens is 1. The Morgan fingerprint density at radius 3 is 2.78 bits per heavy atom. The second-order valence-corrected chi connectivity index (χ2v) is 5.48. The molecule has 5 heteroatoms. The summed E-state index contributed by atoms with van der Waals surface area (Å²) in [5.74, 6) is 0.670. The van der Waals surface area contributed by atoms with Crippen molar-refractivity contribution in [2.75, 3.05) is 11.9 Å². The highest BCUT2D eigenvalue weighted by molar-refractivity contribution is 6.05. The van der Waals surface area contributed by atoms with Crippen molar-refractivity contribution in [1.82, 2.24) is 0 Å². The van der Waals surface area contributed by atoms with Gasteiger partial charge in [-0.15, -0.1) is 0 Å². The van der Waals surface area contributed by atoms with Gasteiger partial charge in [0, 0.05) is 23.6 Å². The number of hydrogen-bond donors (Lipinski definition) is 1. The van der Waals surface area contributed by atoms with Crippen molar-refractivity contribution in [2.24, 2.45) is 0 Å². The third kappa shape index (κ3) is 3.28. The molecule has 0 saturated heterocycles. The molecule has 1 aliphatic rings. The van der Waals surface area contributed by atoms with Gasteiger partial charge in [0.25, 0.3) is 5.91 Å². The van der Waals surface area contributed by atoms with Gasteiger partial charge in [-0.2, -0.15) is 0 Å². The highest BCUT2D eigenvalue weighted by Gasteiger charge is 2.22. The van der Waals surface area contributed by atoms with Gasteiger partial charge in [0.1, 0.15) is 23.4 Å². The molecule has 0 radical (unpaired) electrons. The van der Waals surface area contributed by atoms with Gasteiger partial charge in [-0.25, -0.2) is 4.39 Å². The number of nitrogens with one attached hydrogen (secondary N) is 1. The molecule has 0 aromatic heterocycles. The molecule has 2 aromatic rings. The fourth-order valence-corrected chi connectivity index (χ4v) is 2.61. The second kappa shape index (κ2) is 6.28. The Bertz CT molecular complexity index is 728. The first-order chi connectivity index (χ1) is 11.1. The molecule has 2 aromatic carbocycles. The normalized spacial score (nSPS) is 15.7. The Balaban J connectivity index is 1.88. The fourth-order valence-electron chi connectivity index (χ4n) is 2.61. The zero-order valence-electron chi connectivity index (χ0n) is 13.1. The summed E-state index contributed by atoms with van der Waals surface area (Å²) in [7, 11) is 0. The molecule has 3 rings (SSSR count). The Labute approximate surface area is 134 Å². The van der Waals surface area contributed by atoms with Crippen LogP contribution in [0, 0.1) is 5.82 Å². The van der Waals surface area contributed by atoms with E-state index in [2.05, 4.69) is 5.32 Å². The molecule has 1 atom stereocenters. The third-order valence-corrected chi connectivity index (χ3v) is 3.65. The van der Waals surface area contributed by atoms with Gasteiger partial charge in [0.15, 0.2) is 0 Å². The lowest BCUT2D eigenvalue weighted by molar-refractivity contribution is 0.102. The topological polar surface area (TPSA) is 47.6 Å². The lowest BCUT2D eigenvalue weighted by atomic mass is 10.1. The summed E-state index contributed by atoms with van der Waals surface area (Å²) >= 11 is 0. The third-order valence-electron chi connectivity index (χ3n) is 3.65. The smallest absolute Gasteiger partial charge is 0.255 e. The van der Waals surface area contributed by atoms with Gasteiger partial charge in [-0.05, 0) is 44.2 Å². The van der Waals surface area contributed by atoms with Crippen molar-refractivity contribution >= 4 is 11.6 Å². The predicted molar refractivity (Wildman–Crippen MR) is 85.8 cm³/mol. The van der Waals surface area contributed by atoms with Crippen molar-refractivity contribution < 1.29 is 18.7 Å². The van der Waals surface area contributed by atoms with Crippen LogP contribution in [0.15, 0.2) is 36.4 Å². The predicted octanol–water partition coefficient (Wildman–Crippen LogP) is 3.80. The summed E-state index contributed by atoms with van der Waals surface area (Å²) in [4.78, 5) is 12.3. The quantitative estimate of drug-likeness (QED) is 0.933. The molecule has 1 amide bonds. The molecular formula is C18H18FNO3. The molecule has 120 valence electrons. The first-order valence-corrected chi connectivity index (χ1v) is 7.60. The second-order valence-electron chi connectivity index (χ2n) is 5.48. The largest absolute Gasteiger partial charge is 0.492 e. The van der Waals surface area contributed by atoms with Gasteiger partial charge < -0.3 is 14.8 Å². The van der Waals surface area contributed by atoms with Crippen LogP contribution in [0.25, 0.3) is 0 Å². The summed E-state index contributed by atoms with van der Waals surface area (Å²) in [6, 6.07) is 9.08. The number of amides is 1. The molecule has 4 nitrogen and oxygen atoms in total. The van der Waals surface area contributed by atoms with E-state index in [1.165, 1.54) is 24.3 Å². The summed E-state index contributed by atoms with van der Waals surface area (Å²) in [5.41, 5.74) is 2.00. The molecule has 1 aliphatic heterocycles. The monoisotopic (exact) mass is 315 g/mol. The number of ether oxygens (including phenoxy) is 2. The lowest BCUT2D eigenvalue weighted by Crippen LogP contribution is -2.13. The number of carbonyl (C=O) groups is 1. The summed E-state index contributed by atoms with van der Waals surface area (Å²) in [6.45, 7) is 4.38. The maximum atomic E-state index is 13.0. The van der Waals surface area contributed by atoms with Crippen LogP contribution in [0.2, 0.25) is 0 Å². The fraction of sp³-hybridized carbons (Fsp3) is 0.278. The van der Waals surface area contributed by atoms with Crippen LogP contribution in [0.3, 0.4) is 0 Å². The minimum Gasteiger partial charge on any atom is -0.492 e. The standard InChI is InChI=1S/C18H18FNO3/c1-3-22-17-9-13-8-11(2)23-16(13)10-15(17)20-18(21)12-4-6-14(19)7-5-12/h4-7,9-11H,3,8H2,1-2H3,(H,20,21)/t11-/m1/s1. The van der Waals surface area contributed by atoms with E-state index >= 15 is 0 Å². The van der Waals surface area contributed by atoms with Gasteiger partial charge in [-0.1, -0.05) is 0 Å². The molecular weight excluding hydrogens is 297 g/mol. The average Bonchev–Trinajstić information content (AvgIpc) is 2.87. The van der Waals surface area contributed by atoms with Gasteiger partial charge in [-0.3, -0.25) is 4.79 Å². The molecule has 0 saturated carbocycles. The molecule has 1 N–H and O–H groups in total. The number of anilines is 1. The first kappa shape index (κ1) is 15.3. The first-order valence-electron chi connectivity index (χ1n) is 7.60. The molecule has 1 heterocycles. The van der Waals surface area contributed by atoms with Crippen LogP contribution >= 0.6 is 0 Å². The Morgan fingerprint density at radius 1 is 1.35 bits per heavy atom. The molecule has 23 heavy (non-hydrogen) atoms. The molecule has 0 spiro atoms. The molecule has 0 bridgehead atoms. The number of fused-ring (bicyclic) bond motifs is 1. The zero-order valence-corrected chi connectivity index (χ0v) is 13.1.